The Morgan fingerprint density at radius 2 is 1.63 bits per heavy atom. The second-order valence-electron chi connectivity index (χ2n) is 9.19. The summed E-state index contributed by atoms with van der Waals surface area (Å²) in [5.41, 5.74) is 2.54. The van der Waals surface area contributed by atoms with Gasteiger partial charge in [-0.1, -0.05) is 30.3 Å². The summed E-state index contributed by atoms with van der Waals surface area (Å²) in [6.07, 6.45) is 4.75. The minimum atomic E-state index is -0.521. The zero-order chi connectivity index (χ0) is 30.6. The van der Waals surface area contributed by atoms with Gasteiger partial charge in [0.25, 0.3) is 11.8 Å². The number of thioether (sulfide) groups is 1. The molecule has 1 heterocycles. The van der Waals surface area contributed by atoms with Gasteiger partial charge < -0.3 is 20.7 Å². The molecule has 10 heteroatoms. The summed E-state index contributed by atoms with van der Waals surface area (Å²) in [6.45, 7) is 3.79. The van der Waals surface area contributed by atoms with E-state index in [4.69, 9.17) is 4.74 Å². The van der Waals surface area contributed by atoms with Crippen molar-refractivity contribution in [3.05, 3.63) is 126 Å². The lowest BCUT2D eigenvalue weighted by Gasteiger charge is -2.14. The maximum Gasteiger partial charge on any atom is 0.338 e. The highest BCUT2D eigenvalue weighted by Gasteiger charge is 2.18. The number of amides is 3. The number of benzene rings is 3. The second-order valence-corrected chi connectivity index (χ2v) is 10.6. The SMILES string of the molecule is CCOC(=O)c1ccc(NC(=O)C(C)Sc2cccc(NC(=O)/C(=C/c3cccnc3)NC(=O)c3ccccc3)c2)cc1. The van der Waals surface area contributed by atoms with Crippen LogP contribution in [0.1, 0.15) is 40.1 Å². The van der Waals surface area contributed by atoms with Gasteiger partial charge in [0.05, 0.1) is 17.4 Å². The number of rotatable bonds is 11. The Kier molecular flexibility index (Phi) is 10.8. The summed E-state index contributed by atoms with van der Waals surface area (Å²) in [6, 6.07) is 25.7. The van der Waals surface area contributed by atoms with Crippen LogP contribution in [-0.4, -0.2) is 40.5 Å². The fraction of sp³-hybridized carbons (Fsp3) is 0.121. The van der Waals surface area contributed by atoms with Crippen LogP contribution >= 0.6 is 11.8 Å². The van der Waals surface area contributed by atoms with Crippen molar-refractivity contribution in [2.45, 2.75) is 24.0 Å². The molecule has 4 rings (SSSR count). The van der Waals surface area contributed by atoms with Gasteiger partial charge in [0.1, 0.15) is 5.70 Å². The van der Waals surface area contributed by atoms with Crippen LogP contribution in [0, 0.1) is 0 Å². The van der Waals surface area contributed by atoms with Crippen molar-refractivity contribution in [3.8, 4) is 0 Å². The predicted octanol–water partition coefficient (Wildman–Crippen LogP) is 5.79. The minimum absolute atomic E-state index is 0.0432. The maximum absolute atomic E-state index is 13.3. The van der Waals surface area contributed by atoms with Crippen LogP contribution in [0.2, 0.25) is 0 Å². The van der Waals surface area contributed by atoms with Crippen molar-refractivity contribution in [1.29, 1.82) is 0 Å². The third-order valence-electron chi connectivity index (χ3n) is 5.96. The molecular weight excluding hydrogens is 564 g/mol. The number of pyridine rings is 1. The smallest absolute Gasteiger partial charge is 0.338 e. The van der Waals surface area contributed by atoms with E-state index in [0.29, 0.717) is 28.1 Å². The Morgan fingerprint density at radius 3 is 2.33 bits per heavy atom. The molecule has 9 nitrogen and oxygen atoms in total. The molecule has 3 aromatic carbocycles. The molecule has 0 saturated heterocycles. The second kappa shape index (κ2) is 15.1. The number of hydrogen-bond acceptors (Lipinski definition) is 7. The molecule has 0 saturated carbocycles. The van der Waals surface area contributed by atoms with Crippen molar-refractivity contribution in [2.75, 3.05) is 17.2 Å². The van der Waals surface area contributed by atoms with Crippen LogP contribution in [0.5, 0.6) is 0 Å². The van der Waals surface area contributed by atoms with Crippen LogP contribution in [-0.2, 0) is 14.3 Å². The first kappa shape index (κ1) is 30.7. The van der Waals surface area contributed by atoms with Crippen molar-refractivity contribution in [3.63, 3.8) is 0 Å². The van der Waals surface area contributed by atoms with E-state index >= 15 is 0 Å². The molecule has 1 aromatic heterocycles. The minimum Gasteiger partial charge on any atom is -0.462 e. The van der Waals surface area contributed by atoms with E-state index in [-0.39, 0.29) is 18.2 Å². The monoisotopic (exact) mass is 594 g/mol. The number of hydrogen-bond donors (Lipinski definition) is 3. The van der Waals surface area contributed by atoms with Crippen LogP contribution in [0.15, 0.2) is 114 Å². The molecule has 0 radical (unpaired) electrons. The van der Waals surface area contributed by atoms with Gasteiger partial charge in [0, 0.05) is 34.2 Å². The van der Waals surface area contributed by atoms with Gasteiger partial charge in [-0.2, -0.15) is 0 Å². The Bertz CT molecular complexity index is 1610. The predicted molar refractivity (Wildman–Crippen MR) is 168 cm³/mol. The van der Waals surface area contributed by atoms with Gasteiger partial charge in [-0.05, 0) is 86.2 Å². The highest BCUT2D eigenvalue weighted by molar-refractivity contribution is 8.00. The van der Waals surface area contributed by atoms with Crippen molar-refractivity contribution in [2.24, 2.45) is 0 Å². The van der Waals surface area contributed by atoms with Gasteiger partial charge in [0.15, 0.2) is 0 Å². The topological polar surface area (TPSA) is 126 Å². The molecule has 3 N–H and O–H groups in total. The molecule has 1 unspecified atom stereocenters. The third-order valence-corrected chi connectivity index (χ3v) is 7.06. The molecule has 0 bridgehead atoms. The van der Waals surface area contributed by atoms with Crippen molar-refractivity contribution in [1.82, 2.24) is 10.3 Å². The number of esters is 1. The molecule has 1 atom stereocenters. The number of nitrogens with zero attached hydrogens (tertiary/aromatic N) is 1. The Hall–Kier alpha value is -5.22. The summed E-state index contributed by atoms with van der Waals surface area (Å²) >= 11 is 1.32. The number of anilines is 2. The molecule has 3 amide bonds. The van der Waals surface area contributed by atoms with Crippen molar-refractivity contribution < 1.29 is 23.9 Å². The molecule has 0 aliphatic rings. The van der Waals surface area contributed by atoms with Crippen molar-refractivity contribution >= 4 is 52.9 Å². The Morgan fingerprint density at radius 1 is 0.860 bits per heavy atom. The van der Waals surface area contributed by atoms with Gasteiger partial charge in [-0.15, -0.1) is 11.8 Å². The molecule has 4 aromatic rings. The largest absolute Gasteiger partial charge is 0.462 e. The third kappa shape index (κ3) is 9.14. The fourth-order valence-corrected chi connectivity index (χ4v) is 4.75. The van der Waals surface area contributed by atoms with E-state index in [1.807, 2.05) is 6.07 Å². The summed E-state index contributed by atoms with van der Waals surface area (Å²) in [5.74, 6) is -1.60. The average molecular weight is 595 g/mol. The van der Waals surface area contributed by atoms with E-state index < -0.39 is 23.0 Å². The lowest BCUT2D eigenvalue weighted by Crippen LogP contribution is -2.30. The quantitative estimate of drug-likeness (QED) is 0.114. The van der Waals surface area contributed by atoms with E-state index in [1.54, 1.807) is 117 Å². The fourth-order valence-electron chi connectivity index (χ4n) is 3.82. The van der Waals surface area contributed by atoms with E-state index in [9.17, 15) is 19.2 Å². The Labute approximate surface area is 253 Å². The zero-order valence-corrected chi connectivity index (χ0v) is 24.4. The molecule has 43 heavy (non-hydrogen) atoms. The highest BCUT2D eigenvalue weighted by Crippen LogP contribution is 2.27. The van der Waals surface area contributed by atoms with Gasteiger partial charge in [-0.3, -0.25) is 19.4 Å². The lowest BCUT2D eigenvalue weighted by molar-refractivity contribution is -0.115. The molecule has 218 valence electrons. The highest BCUT2D eigenvalue weighted by atomic mass is 32.2. The standard InChI is InChI=1S/C33H30N4O5S/c1-3-42-33(41)25-14-16-26(17-15-25)35-30(38)22(2)43-28-13-7-12-27(20-28)36-32(40)29(19-23-9-8-18-34-21-23)37-31(39)24-10-5-4-6-11-24/h4-22H,3H2,1-2H3,(H,35,38)(H,36,40)(H,37,39)/b29-19-. The first-order valence-electron chi connectivity index (χ1n) is 13.5. The van der Waals surface area contributed by atoms with E-state index in [1.165, 1.54) is 11.8 Å². The van der Waals surface area contributed by atoms with Crippen LogP contribution in [0.25, 0.3) is 6.08 Å². The molecule has 0 fully saturated rings. The first-order valence-corrected chi connectivity index (χ1v) is 14.3. The zero-order valence-electron chi connectivity index (χ0n) is 23.6. The number of ether oxygens (including phenoxy) is 1. The number of nitrogens with one attached hydrogen (secondary N) is 3. The summed E-state index contributed by atoms with van der Waals surface area (Å²) in [5, 5.41) is 7.90. The molecular formula is C33H30N4O5S. The Balaban J connectivity index is 1.41. The van der Waals surface area contributed by atoms with E-state index in [0.717, 1.165) is 4.90 Å². The lowest BCUT2D eigenvalue weighted by atomic mass is 10.2. The summed E-state index contributed by atoms with van der Waals surface area (Å²) < 4.78 is 4.98. The number of aromatic nitrogens is 1. The van der Waals surface area contributed by atoms with Gasteiger partial charge in [0.2, 0.25) is 5.91 Å². The van der Waals surface area contributed by atoms with Crippen LogP contribution in [0.3, 0.4) is 0 Å². The first-order chi connectivity index (χ1) is 20.8. The number of carbonyl (C=O) groups excluding carboxylic acids is 4. The van der Waals surface area contributed by atoms with Gasteiger partial charge >= 0.3 is 5.97 Å². The van der Waals surface area contributed by atoms with Crippen LogP contribution in [0.4, 0.5) is 11.4 Å². The van der Waals surface area contributed by atoms with Gasteiger partial charge in [-0.25, -0.2) is 4.79 Å². The van der Waals surface area contributed by atoms with Crippen LogP contribution < -0.4 is 16.0 Å². The molecule has 0 spiro atoms. The normalized spacial score (nSPS) is 11.6. The average Bonchev–Trinajstić information content (AvgIpc) is 3.02. The van der Waals surface area contributed by atoms with E-state index in [2.05, 4.69) is 20.9 Å². The summed E-state index contributed by atoms with van der Waals surface area (Å²) in [4.78, 5) is 55.7. The number of carbonyl (C=O) groups is 4. The molecule has 0 aliphatic heterocycles. The molecule has 0 aliphatic carbocycles. The maximum atomic E-state index is 13.3. The summed E-state index contributed by atoms with van der Waals surface area (Å²) in [7, 11) is 0.